The average Bonchev–Trinajstić information content (AvgIpc) is 2.23. The maximum atomic E-state index is 11.0. The van der Waals surface area contributed by atoms with Gasteiger partial charge in [-0.2, -0.15) is 0 Å². The van der Waals surface area contributed by atoms with Crippen molar-refractivity contribution in [3.05, 3.63) is 12.2 Å². The van der Waals surface area contributed by atoms with Crippen LogP contribution in [0.15, 0.2) is 12.2 Å². The molecule has 0 aliphatic carbocycles. The predicted molar refractivity (Wildman–Crippen MR) is 60.5 cm³/mol. The lowest BCUT2D eigenvalue weighted by Gasteiger charge is -2.06. The highest BCUT2D eigenvalue weighted by Crippen LogP contribution is 2.02. The van der Waals surface area contributed by atoms with Crippen molar-refractivity contribution in [3.63, 3.8) is 0 Å². The topological polar surface area (TPSA) is 46.5 Å². The van der Waals surface area contributed by atoms with Crippen molar-refractivity contribution < 1.29 is 14.6 Å². The molecule has 1 atom stereocenters. The summed E-state index contributed by atoms with van der Waals surface area (Å²) in [6, 6.07) is 0. The Morgan fingerprint density at radius 2 is 2.07 bits per heavy atom. The molecule has 0 amide bonds. The fraction of sp³-hybridized carbons (Fsp3) is 0.750. The van der Waals surface area contributed by atoms with Crippen LogP contribution in [-0.4, -0.2) is 23.8 Å². The van der Waals surface area contributed by atoms with Crippen LogP contribution in [0, 0.1) is 0 Å². The number of allylic oxidation sites excluding steroid dienone is 1. The summed E-state index contributed by atoms with van der Waals surface area (Å²) in [5.74, 6) is -0.532. The number of carbonyl (C=O) groups excluding carboxylic acids is 1. The normalized spacial score (nSPS) is 13.0. The van der Waals surface area contributed by atoms with Gasteiger partial charge in [-0.1, -0.05) is 31.9 Å². The monoisotopic (exact) mass is 214 g/mol. The SMILES string of the molecule is CCCCCC=CCC(O)C(=O)OCC. The number of unbranched alkanes of at least 4 members (excludes halogenated alkanes) is 3. The molecule has 0 bridgehead atoms. The number of carbonyl (C=O) groups is 1. The number of rotatable bonds is 8. The minimum atomic E-state index is -1.01. The number of hydrogen-bond acceptors (Lipinski definition) is 3. The predicted octanol–water partition coefficient (Wildman–Crippen LogP) is 2.44. The van der Waals surface area contributed by atoms with Crippen LogP contribution in [0.2, 0.25) is 0 Å². The van der Waals surface area contributed by atoms with Crippen LogP contribution in [0.25, 0.3) is 0 Å². The van der Waals surface area contributed by atoms with E-state index in [1.165, 1.54) is 19.3 Å². The summed E-state index contributed by atoms with van der Waals surface area (Å²) in [4.78, 5) is 11.0. The van der Waals surface area contributed by atoms with E-state index in [1.807, 2.05) is 12.2 Å². The minimum absolute atomic E-state index is 0.316. The molecule has 15 heavy (non-hydrogen) atoms. The molecule has 0 aromatic heterocycles. The van der Waals surface area contributed by atoms with E-state index in [-0.39, 0.29) is 0 Å². The van der Waals surface area contributed by atoms with E-state index in [4.69, 9.17) is 0 Å². The van der Waals surface area contributed by atoms with Crippen LogP contribution < -0.4 is 0 Å². The van der Waals surface area contributed by atoms with Gasteiger partial charge in [-0.05, 0) is 19.8 Å². The van der Waals surface area contributed by atoms with Crippen LogP contribution >= 0.6 is 0 Å². The molecule has 0 rings (SSSR count). The third-order valence-corrected chi connectivity index (χ3v) is 2.06. The molecule has 0 aromatic rings. The van der Waals surface area contributed by atoms with Crippen molar-refractivity contribution in [1.29, 1.82) is 0 Å². The van der Waals surface area contributed by atoms with Crippen LogP contribution in [0.1, 0.15) is 46.0 Å². The van der Waals surface area contributed by atoms with E-state index < -0.39 is 12.1 Å². The second-order valence-electron chi connectivity index (χ2n) is 3.47. The highest BCUT2D eigenvalue weighted by molar-refractivity contribution is 5.74. The maximum Gasteiger partial charge on any atom is 0.335 e. The number of aliphatic hydroxyl groups is 1. The zero-order valence-electron chi connectivity index (χ0n) is 9.74. The van der Waals surface area contributed by atoms with Gasteiger partial charge in [0.1, 0.15) is 0 Å². The first-order valence-corrected chi connectivity index (χ1v) is 5.72. The van der Waals surface area contributed by atoms with Crippen LogP contribution in [0.3, 0.4) is 0 Å². The Bertz CT molecular complexity index is 187. The van der Waals surface area contributed by atoms with Gasteiger partial charge in [-0.15, -0.1) is 0 Å². The summed E-state index contributed by atoms with van der Waals surface area (Å²) in [5, 5.41) is 9.33. The Kier molecular flexibility index (Phi) is 9.18. The zero-order valence-corrected chi connectivity index (χ0v) is 9.74. The Balaban J connectivity index is 3.52. The van der Waals surface area contributed by atoms with Crippen molar-refractivity contribution in [2.45, 2.75) is 52.1 Å². The highest BCUT2D eigenvalue weighted by atomic mass is 16.5. The number of aliphatic hydroxyl groups excluding tert-OH is 1. The quantitative estimate of drug-likeness (QED) is 0.383. The molecule has 88 valence electrons. The molecule has 0 saturated heterocycles. The van der Waals surface area contributed by atoms with Crippen molar-refractivity contribution in [3.8, 4) is 0 Å². The van der Waals surface area contributed by atoms with Gasteiger partial charge in [-0.25, -0.2) is 4.79 Å². The molecule has 3 nitrogen and oxygen atoms in total. The summed E-state index contributed by atoms with van der Waals surface area (Å²) in [6.45, 7) is 4.20. The van der Waals surface area contributed by atoms with Crippen LogP contribution in [0.5, 0.6) is 0 Å². The van der Waals surface area contributed by atoms with E-state index >= 15 is 0 Å². The van der Waals surface area contributed by atoms with Gasteiger partial charge in [-0.3, -0.25) is 0 Å². The van der Waals surface area contributed by atoms with E-state index in [9.17, 15) is 9.90 Å². The minimum Gasteiger partial charge on any atom is -0.464 e. The summed E-state index contributed by atoms with van der Waals surface area (Å²) >= 11 is 0. The van der Waals surface area contributed by atoms with Gasteiger partial charge in [0.25, 0.3) is 0 Å². The van der Waals surface area contributed by atoms with E-state index in [1.54, 1.807) is 6.92 Å². The van der Waals surface area contributed by atoms with Gasteiger partial charge in [0, 0.05) is 6.42 Å². The third-order valence-electron chi connectivity index (χ3n) is 2.06. The van der Waals surface area contributed by atoms with E-state index in [2.05, 4.69) is 11.7 Å². The summed E-state index contributed by atoms with van der Waals surface area (Å²) in [5.41, 5.74) is 0. The largest absolute Gasteiger partial charge is 0.464 e. The summed E-state index contributed by atoms with van der Waals surface area (Å²) in [6.07, 6.45) is 7.82. The van der Waals surface area contributed by atoms with Crippen LogP contribution in [-0.2, 0) is 9.53 Å². The van der Waals surface area contributed by atoms with Gasteiger partial charge in [0.05, 0.1) is 6.61 Å². The molecule has 0 aromatic carbocycles. The molecule has 0 radical (unpaired) electrons. The molecular weight excluding hydrogens is 192 g/mol. The smallest absolute Gasteiger partial charge is 0.335 e. The first-order valence-electron chi connectivity index (χ1n) is 5.72. The summed E-state index contributed by atoms with van der Waals surface area (Å²) in [7, 11) is 0. The molecule has 0 spiro atoms. The molecule has 1 N–H and O–H groups in total. The highest BCUT2D eigenvalue weighted by Gasteiger charge is 2.13. The lowest BCUT2D eigenvalue weighted by Crippen LogP contribution is -2.22. The van der Waals surface area contributed by atoms with Gasteiger partial charge < -0.3 is 9.84 Å². The maximum absolute atomic E-state index is 11.0. The van der Waals surface area contributed by atoms with Crippen molar-refractivity contribution in [1.82, 2.24) is 0 Å². The van der Waals surface area contributed by atoms with E-state index in [0.29, 0.717) is 13.0 Å². The first-order chi connectivity index (χ1) is 7.22. The fourth-order valence-electron chi connectivity index (χ4n) is 1.19. The molecule has 0 heterocycles. The van der Waals surface area contributed by atoms with Crippen molar-refractivity contribution in [2.24, 2.45) is 0 Å². The third kappa shape index (κ3) is 8.18. The molecule has 0 aliphatic rings. The standard InChI is InChI=1S/C12H22O3/c1-3-5-6-7-8-9-10-11(13)12(14)15-4-2/h8-9,11,13H,3-7,10H2,1-2H3. The lowest BCUT2D eigenvalue weighted by atomic mass is 10.1. The second kappa shape index (κ2) is 9.71. The molecule has 0 aliphatic heterocycles. The van der Waals surface area contributed by atoms with Crippen LogP contribution in [0.4, 0.5) is 0 Å². The molecule has 0 fully saturated rings. The molecule has 1 unspecified atom stereocenters. The van der Waals surface area contributed by atoms with Gasteiger partial charge >= 0.3 is 5.97 Å². The second-order valence-corrected chi connectivity index (χ2v) is 3.47. The van der Waals surface area contributed by atoms with E-state index in [0.717, 1.165) is 6.42 Å². The number of ether oxygens (including phenoxy) is 1. The Morgan fingerprint density at radius 1 is 1.33 bits per heavy atom. The first kappa shape index (κ1) is 14.2. The van der Waals surface area contributed by atoms with Gasteiger partial charge in [0.15, 0.2) is 6.10 Å². The Hall–Kier alpha value is -0.830. The van der Waals surface area contributed by atoms with Crippen molar-refractivity contribution in [2.75, 3.05) is 6.61 Å². The van der Waals surface area contributed by atoms with Crippen molar-refractivity contribution >= 4 is 5.97 Å². The fourth-order valence-corrected chi connectivity index (χ4v) is 1.19. The molecular formula is C12H22O3. The number of esters is 1. The van der Waals surface area contributed by atoms with Gasteiger partial charge in [0.2, 0.25) is 0 Å². The Labute approximate surface area is 92.1 Å². The molecule has 3 heteroatoms. The summed E-state index contributed by atoms with van der Waals surface area (Å²) < 4.78 is 4.68. The zero-order chi connectivity index (χ0) is 11.5. The lowest BCUT2D eigenvalue weighted by molar-refractivity contribution is -0.152. The Morgan fingerprint density at radius 3 is 2.67 bits per heavy atom. The average molecular weight is 214 g/mol. The number of hydrogen-bond donors (Lipinski definition) is 1. The molecule has 0 saturated carbocycles.